The summed E-state index contributed by atoms with van der Waals surface area (Å²) in [6.07, 6.45) is 3.30. The molecule has 0 N–H and O–H groups in total. The van der Waals surface area contributed by atoms with Gasteiger partial charge in [-0.15, -0.1) is 0 Å². The van der Waals surface area contributed by atoms with Gasteiger partial charge in [0.1, 0.15) is 11.5 Å². The summed E-state index contributed by atoms with van der Waals surface area (Å²) < 4.78 is 10.8. The normalized spacial score (nSPS) is 10.1. The van der Waals surface area contributed by atoms with Crippen LogP contribution in [0, 0.1) is 0 Å². The maximum absolute atomic E-state index is 5.42. The molecule has 0 saturated carbocycles. The van der Waals surface area contributed by atoms with Gasteiger partial charge in [-0.25, -0.2) is 0 Å². The van der Waals surface area contributed by atoms with E-state index in [1.165, 1.54) is 0 Å². The highest BCUT2D eigenvalue weighted by atomic mass is 16.3. The Labute approximate surface area is 94.9 Å². The maximum atomic E-state index is 5.42. The van der Waals surface area contributed by atoms with Gasteiger partial charge >= 0.3 is 0 Å². The Balaban J connectivity index is 2.44. The van der Waals surface area contributed by atoms with Crippen LogP contribution in [0.15, 0.2) is 57.8 Å². The second kappa shape index (κ2) is 4.27. The van der Waals surface area contributed by atoms with Gasteiger partial charge in [0, 0.05) is 11.1 Å². The Morgan fingerprint density at radius 2 is 1.56 bits per heavy atom. The van der Waals surface area contributed by atoms with E-state index >= 15 is 0 Å². The lowest BCUT2D eigenvalue weighted by Crippen LogP contribution is -1.88. The Morgan fingerprint density at radius 3 is 2.00 bits per heavy atom. The van der Waals surface area contributed by atoms with Crippen molar-refractivity contribution in [2.45, 2.75) is 13.8 Å². The van der Waals surface area contributed by atoms with E-state index in [1.54, 1.807) is 12.5 Å². The standard InChI is InChI=1S/C14H14O2/c1-10(2)14(13-7-5-9-16-13)11(3)12-6-4-8-15-12/h4-9H,3H2,1-2H3. The van der Waals surface area contributed by atoms with E-state index in [4.69, 9.17) is 8.83 Å². The summed E-state index contributed by atoms with van der Waals surface area (Å²) in [4.78, 5) is 0. The van der Waals surface area contributed by atoms with Crippen LogP contribution in [-0.2, 0) is 0 Å². The molecule has 0 aromatic carbocycles. The molecule has 0 fully saturated rings. The van der Waals surface area contributed by atoms with Crippen molar-refractivity contribution < 1.29 is 8.83 Å². The van der Waals surface area contributed by atoms with Crippen LogP contribution >= 0.6 is 0 Å². The lowest BCUT2D eigenvalue weighted by atomic mass is 9.99. The molecule has 0 radical (unpaired) electrons. The first-order valence-electron chi connectivity index (χ1n) is 5.14. The van der Waals surface area contributed by atoms with Gasteiger partial charge in [-0.1, -0.05) is 12.2 Å². The fraction of sp³-hybridized carbons (Fsp3) is 0.143. The van der Waals surface area contributed by atoms with Crippen molar-refractivity contribution in [1.82, 2.24) is 0 Å². The van der Waals surface area contributed by atoms with E-state index in [-0.39, 0.29) is 0 Å². The monoisotopic (exact) mass is 214 g/mol. The largest absolute Gasteiger partial charge is 0.464 e. The maximum Gasteiger partial charge on any atom is 0.134 e. The highest BCUT2D eigenvalue weighted by Gasteiger charge is 2.14. The van der Waals surface area contributed by atoms with E-state index in [1.807, 2.05) is 38.1 Å². The van der Waals surface area contributed by atoms with Crippen LogP contribution in [0.25, 0.3) is 11.1 Å². The fourth-order valence-corrected chi connectivity index (χ4v) is 1.69. The summed E-state index contributed by atoms with van der Waals surface area (Å²) in [5.74, 6) is 1.59. The minimum atomic E-state index is 0.771. The smallest absolute Gasteiger partial charge is 0.134 e. The third-order valence-corrected chi connectivity index (χ3v) is 2.39. The van der Waals surface area contributed by atoms with E-state index in [9.17, 15) is 0 Å². The van der Waals surface area contributed by atoms with E-state index < -0.39 is 0 Å². The van der Waals surface area contributed by atoms with Crippen molar-refractivity contribution in [3.05, 3.63) is 60.5 Å². The highest BCUT2D eigenvalue weighted by Crippen LogP contribution is 2.32. The van der Waals surface area contributed by atoms with Crippen LogP contribution in [0.5, 0.6) is 0 Å². The molecular formula is C14H14O2. The average molecular weight is 214 g/mol. The Morgan fingerprint density at radius 1 is 1.00 bits per heavy atom. The van der Waals surface area contributed by atoms with Gasteiger partial charge in [0.05, 0.1) is 12.5 Å². The summed E-state index contributed by atoms with van der Waals surface area (Å²) in [5, 5.41) is 0. The molecule has 2 rings (SSSR count). The molecule has 0 saturated heterocycles. The number of allylic oxidation sites excluding steroid dienone is 3. The van der Waals surface area contributed by atoms with Crippen LogP contribution in [0.4, 0.5) is 0 Å². The molecule has 0 atom stereocenters. The highest BCUT2D eigenvalue weighted by molar-refractivity contribution is 6.02. The number of rotatable bonds is 3. The Hall–Kier alpha value is -1.96. The van der Waals surface area contributed by atoms with Gasteiger partial charge in [0.2, 0.25) is 0 Å². The first-order chi connectivity index (χ1) is 7.70. The SMILES string of the molecule is C=C(C(=C(C)C)c1ccco1)c1ccco1. The molecule has 0 amide bonds. The van der Waals surface area contributed by atoms with Crippen LogP contribution in [-0.4, -0.2) is 0 Å². The summed E-state index contributed by atoms with van der Waals surface area (Å²) in [7, 11) is 0. The third kappa shape index (κ3) is 1.87. The number of hydrogen-bond acceptors (Lipinski definition) is 2. The molecule has 0 aliphatic carbocycles. The van der Waals surface area contributed by atoms with Crippen molar-refractivity contribution in [3.8, 4) is 0 Å². The molecule has 0 bridgehead atoms. The second-order valence-corrected chi connectivity index (χ2v) is 3.81. The zero-order valence-electron chi connectivity index (χ0n) is 9.49. The summed E-state index contributed by atoms with van der Waals surface area (Å²) >= 11 is 0. The molecule has 2 heterocycles. The van der Waals surface area contributed by atoms with Crippen LogP contribution in [0.3, 0.4) is 0 Å². The summed E-state index contributed by atoms with van der Waals surface area (Å²) in [6, 6.07) is 7.55. The Kier molecular flexibility index (Phi) is 2.82. The second-order valence-electron chi connectivity index (χ2n) is 3.81. The van der Waals surface area contributed by atoms with Crippen LogP contribution in [0.2, 0.25) is 0 Å². The van der Waals surface area contributed by atoms with Crippen molar-refractivity contribution in [1.29, 1.82) is 0 Å². The number of hydrogen-bond donors (Lipinski definition) is 0. The lowest BCUT2D eigenvalue weighted by molar-refractivity contribution is 0.546. The van der Waals surface area contributed by atoms with Gasteiger partial charge in [-0.05, 0) is 38.1 Å². The minimum Gasteiger partial charge on any atom is -0.464 e. The van der Waals surface area contributed by atoms with Gasteiger partial charge in [-0.2, -0.15) is 0 Å². The first kappa shape index (κ1) is 10.6. The molecule has 0 spiro atoms. The predicted molar refractivity (Wildman–Crippen MR) is 64.7 cm³/mol. The first-order valence-corrected chi connectivity index (χ1v) is 5.14. The van der Waals surface area contributed by atoms with E-state index in [0.717, 1.165) is 28.2 Å². The molecule has 0 unspecified atom stereocenters. The molecular weight excluding hydrogens is 200 g/mol. The van der Waals surface area contributed by atoms with Crippen molar-refractivity contribution in [2.24, 2.45) is 0 Å². The van der Waals surface area contributed by atoms with E-state index in [2.05, 4.69) is 6.58 Å². The topological polar surface area (TPSA) is 26.3 Å². The minimum absolute atomic E-state index is 0.771. The van der Waals surface area contributed by atoms with Crippen LogP contribution < -0.4 is 0 Å². The Bertz CT molecular complexity index is 495. The van der Waals surface area contributed by atoms with Crippen molar-refractivity contribution >= 4 is 11.1 Å². The zero-order valence-corrected chi connectivity index (χ0v) is 9.49. The molecule has 2 aromatic heterocycles. The van der Waals surface area contributed by atoms with Gasteiger partial charge < -0.3 is 8.83 Å². The van der Waals surface area contributed by atoms with Gasteiger partial charge in [-0.3, -0.25) is 0 Å². The van der Waals surface area contributed by atoms with E-state index in [0.29, 0.717) is 0 Å². The quantitative estimate of drug-likeness (QED) is 0.709. The lowest BCUT2D eigenvalue weighted by Gasteiger charge is -2.08. The van der Waals surface area contributed by atoms with Crippen molar-refractivity contribution in [3.63, 3.8) is 0 Å². The molecule has 16 heavy (non-hydrogen) atoms. The summed E-state index contributed by atoms with van der Waals surface area (Å²) in [5.41, 5.74) is 3.00. The number of furan rings is 2. The van der Waals surface area contributed by atoms with Gasteiger partial charge in [0.25, 0.3) is 0 Å². The predicted octanol–water partition coefficient (Wildman–Crippen LogP) is 4.38. The molecule has 2 aromatic rings. The fourth-order valence-electron chi connectivity index (χ4n) is 1.69. The van der Waals surface area contributed by atoms with Crippen molar-refractivity contribution in [2.75, 3.05) is 0 Å². The average Bonchev–Trinajstić information content (AvgIpc) is 2.89. The van der Waals surface area contributed by atoms with Gasteiger partial charge in [0.15, 0.2) is 0 Å². The molecule has 2 heteroatoms. The summed E-state index contributed by atoms with van der Waals surface area (Å²) in [6.45, 7) is 8.13. The zero-order chi connectivity index (χ0) is 11.5. The molecule has 0 aliphatic rings. The molecule has 2 nitrogen and oxygen atoms in total. The van der Waals surface area contributed by atoms with Crippen LogP contribution in [0.1, 0.15) is 25.4 Å². The molecule has 0 aliphatic heterocycles. The third-order valence-electron chi connectivity index (χ3n) is 2.39. The molecule has 82 valence electrons.